The first-order valence-corrected chi connectivity index (χ1v) is 8.59. The zero-order valence-electron chi connectivity index (χ0n) is 14.3. The number of likely N-dealkylation sites (tertiary alicyclic amines) is 1. The summed E-state index contributed by atoms with van der Waals surface area (Å²) >= 11 is 0. The molecule has 0 N–H and O–H groups in total. The number of pyridine rings is 1. The molecule has 5 heteroatoms. The van der Waals surface area contributed by atoms with Crippen molar-refractivity contribution in [2.24, 2.45) is 5.41 Å². The van der Waals surface area contributed by atoms with Gasteiger partial charge in [-0.15, -0.1) is 0 Å². The minimum Gasteiger partial charge on any atom is -0.355 e. The molecule has 4 rings (SSSR count). The Bertz CT molecular complexity index is 740. The molecule has 0 unspecified atom stereocenters. The minimum absolute atomic E-state index is 0.441. The van der Waals surface area contributed by atoms with Crippen molar-refractivity contribution in [1.82, 2.24) is 19.9 Å². The molecule has 0 aromatic carbocycles. The minimum atomic E-state index is 0.441. The number of aryl methyl sites for hydroxylation is 2. The van der Waals surface area contributed by atoms with Crippen molar-refractivity contribution < 1.29 is 0 Å². The summed E-state index contributed by atoms with van der Waals surface area (Å²) in [5.74, 6) is 1.08. The summed E-state index contributed by atoms with van der Waals surface area (Å²) in [7, 11) is 2.24. The fourth-order valence-electron chi connectivity index (χ4n) is 4.51. The summed E-state index contributed by atoms with van der Waals surface area (Å²) in [6, 6.07) is 2.14. The Morgan fingerprint density at radius 3 is 2.74 bits per heavy atom. The van der Waals surface area contributed by atoms with Crippen LogP contribution in [0.4, 0.5) is 5.82 Å². The van der Waals surface area contributed by atoms with Crippen molar-refractivity contribution in [2.45, 2.75) is 33.1 Å². The molecular weight excluding hydrogens is 286 g/mol. The molecule has 2 aliphatic heterocycles. The molecule has 2 aromatic rings. The number of aromatic nitrogens is 3. The maximum Gasteiger partial charge on any atom is 0.165 e. The molecule has 0 bridgehead atoms. The van der Waals surface area contributed by atoms with E-state index in [2.05, 4.69) is 44.8 Å². The predicted molar refractivity (Wildman–Crippen MR) is 92.8 cm³/mol. The smallest absolute Gasteiger partial charge is 0.165 e. The van der Waals surface area contributed by atoms with Gasteiger partial charge < -0.3 is 9.80 Å². The first-order valence-electron chi connectivity index (χ1n) is 8.59. The van der Waals surface area contributed by atoms with Gasteiger partial charge in [0, 0.05) is 30.7 Å². The molecule has 2 fully saturated rings. The van der Waals surface area contributed by atoms with E-state index in [0.717, 1.165) is 35.6 Å². The van der Waals surface area contributed by atoms with Crippen molar-refractivity contribution in [3.05, 3.63) is 23.7 Å². The second kappa shape index (κ2) is 5.41. The van der Waals surface area contributed by atoms with E-state index in [1.54, 1.807) is 6.33 Å². The highest BCUT2D eigenvalue weighted by Crippen LogP contribution is 2.40. The summed E-state index contributed by atoms with van der Waals surface area (Å²) in [6.07, 6.45) is 5.57. The van der Waals surface area contributed by atoms with Gasteiger partial charge in [0.25, 0.3) is 0 Å². The molecule has 0 aliphatic carbocycles. The van der Waals surface area contributed by atoms with Gasteiger partial charge in [0.05, 0.1) is 5.39 Å². The van der Waals surface area contributed by atoms with E-state index in [1.807, 2.05) is 6.92 Å². The van der Waals surface area contributed by atoms with E-state index in [-0.39, 0.29) is 0 Å². The third-order valence-corrected chi connectivity index (χ3v) is 5.50. The zero-order valence-corrected chi connectivity index (χ0v) is 14.3. The molecule has 4 heterocycles. The van der Waals surface area contributed by atoms with Gasteiger partial charge in [-0.2, -0.15) is 0 Å². The number of anilines is 1. The molecule has 2 aliphatic rings. The number of hydrogen-bond acceptors (Lipinski definition) is 5. The van der Waals surface area contributed by atoms with E-state index in [0.29, 0.717) is 5.41 Å². The fourth-order valence-corrected chi connectivity index (χ4v) is 4.51. The molecular formula is C18H25N5. The Labute approximate surface area is 137 Å². The number of rotatable bonds is 1. The van der Waals surface area contributed by atoms with Gasteiger partial charge >= 0.3 is 0 Å². The standard InChI is InChI=1S/C18H25N5/c1-13-9-14(2)21-16-15(13)17(20-12-19-16)23-7-4-5-18(11-23)6-8-22(3)10-18/h9,12H,4-8,10-11H2,1-3H3/t18-/m0/s1. The van der Waals surface area contributed by atoms with Crippen LogP contribution < -0.4 is 4.90 Å². The van der Waals surface area contributed by atoms with Crippen LogP contribution in [-0.2, 0) is 0 Å². The normalized spacial score (nSPS) is 25.6. The molecule has 1 spiro atoms. The van der Waals surface area contributed by atoms with Crippen molar-refractivity contribution in [3.8, 4) is 0 Å². The Hall–Kier alpha value is -1.75. The highest BCUT2D eigenvalue weighted by Gasteiger charge is 2.40. The summed E-state index contributed by atoms with van der Waals surface area (Å²) in [5, 5.41) is 1.13. The molecule has 1 atom stereocenters. The van der Waals surface area contributed by atoms with Crippen LogP contribution in [0.15, 0.2) is 12.4 Å². The monoisotopic (exact) mass is 311 g/mol. The Morgan fingerprint density at radius 1 is 1.09 bits per heavy atom. The van der Waals surface area contributed by atoms with Crippen LogP contribution in [0.5, 0.6) is 0 Å². The van der Waals surface area contributed by atoms with Crippen molar-refractivity contribution in [2.75, 3.05) is 38.1 Å². The first kappa shape index (κ1) is 14.8. The SMILES string of the molecule is Cc1cc(C)c2c(N3CCC[C@@]4(CCN(C)C4)C3)ncnc2n1. The number of piperidine rings is 1. The molecule has 0 radical (unpaired) electrons. The van der Waals surface area contributed by atoms with Crippen LogP contribution in [0.2, 0.25) is 0 Å². The lowest BCUT2D eigenvalue weighted by atomic mass is 9.79. The zero-order chi connectivity index (χ0) is 16.0. The fraction of sp³-hybridized carbons (Fsp3) is 0.611. The van der Waals surface area contributed by atoms with Crippen molar-refractivity contribution in [1.29, 1.82) is 0 Å². The van der Waals surface area contributed by atoms with Crippen molar-refractivity contribution in [3.63, 3.8) is 0 Å². The average molecular weight is 311 g/mol. The lowest BCUT2D eigenvalue weighted by Crippen LogP contribution is -2.45. The Balaban J connectivity index is 1.74. The van der Waals surface area contributed by atoms with Gasteiger partial charge in [-0.25, -0.2) is 15.0 Å². The Morgan fingerprint density at radius 2 is 1.96 bits per heavy atom. The molecule has 23 heavy (non-hydrogen) atoms. The molecule has 122 valence electrons. The van der Waals surface area contributed by atoms with Crippen LogP contribution in [0.3, 0.4) is 0 Å². The van der Waals surface area contributed by atoms with Crippen LogP contribution in [0.1, 0.15) is 30.5 Å². The maximum atomic E-state index is 4.66. The highest BCUT2D eigenvalue weighted by atomic mass is 15.2. The van der Waals surface area contributed by atoms with Crippen LogP contribution >= 0.6 is 0 Å². The third-order valence-electron chi connectivity index (χ3n) is 5.50. The molecule has 2 saturated heterocycles. The number of nitrogens with zero attached hydrogens (tertiary/aromatic N) is 5. The Kier molecular flexibility index (Phi) is 3.48. The second-order valence-electron chi connectivity index (χ2n) is 7.49. The quantitative estimate of drug-likeness (QED) is 0.810. The lowest BCUT2D eigenvalue weighted by molar-refractivity contribution is 0.234. The van der Waals surface area contributed by atoms with Crippen LogP contribution in [0, 0.1) is 19.3 Å². The summed E-state index contributed by atoms with van der Waals surface area (Å²) in [5.41, 5.74) is 3.52. The van der Waals surface area contributed by atoms with Gasteiger partial charge in [0.15, 0.2) is 5.65 Å². The number of fused-ring (bicyclic) bond motifs is 1. The van der Waals surface area contributed by atoms with E-state index < -0.39 is 0 Å². The van der Waals surface area contributed by atoms with Gasteiger partial charge in [0.2, 0.25) is 0 Å². The summed E-state index contributed by atoms with van der Waals surface area (Å²) in [6.45, 7) is 8.80. The van der Waals surface area contributed by atoms with Gasteiger partial charge in [-0.3, -0.25) is 0 Å². The number of hydrogen-bond donors (Lipinski definition) is 0. The topological polar surface area (TPSA) is 45.2 Å². The van der Waals surface area contributed by atoms with Gasteiger partial charge in [-0.1, -0.05) is 0 Å². The molecule has 0 amide bonds. The first-order chi connectivity index (χ1) is 11.1. The largest absolute Gasteiger partial charge is 0.355 e. The van der Waals surface area contributed by atoms with E-state index in [4.69, 9.17) is 0 Å². The van der Waals surface area contributed by atoms with E-state index >= 15 is 0 Å². The maximum absolute atomic E-state index is 4.66. The molecule has 2 aromatic heterocycles. The average Bonchev–Trinajstić information content (AvgIpc) is 2.86. The van der Waals surface area contributed by atoms with Gasteiger partial charge in [0.1, 0.15) is 12.1 Å². The van der Waals surface area contributed by atoms with Gasteiger partial charge in [-0.05, 0) is 58.3 Å². The third kappa shape index (κ3) is 2.57. The van der Waals surface area contributed by atoms with Crippen LogP contribution in [0.25, 0.3) is 11.0 Å². The van der Waals surface area contributed by atoms with E-state index in [9.17, 15) is 0 Å². The molecule has 0 saturated carbocycles. The van der Waals surface area contributed by atoms with E-state index in [1.165, 1.54) is 37.9 Å². The summed E-state index contributed by atoms with van der Waals surface area (Å²) in [4.78, 5) is 18.6. The molecule has 5 nitrogen and oxygen atoms in total. The summed E-state index contributed by atoms with van der Waals surface area (Å²) < 4.78 is 0. The van der Waals surface area contributed by atoms with Crippen LogP contribution in [-0.4, -0.2) is 53.1 Å². The second-order valence-corrected chi connectivity index (χ2v) is 7.49. The lowest BCUT2D eigenvalue weighted by Gasteiger charge is -2.41. The predicted octanol–water partition coefficient (Wildman–Crippen LogP) is 2.56. The highest BCUT2D eigenvalue weighted by molar-refractivity contribution is 5.90. The van der Waals surface area contributed by atoms with Crippen molar-refractivity contribution >= 4 is 16.9 Å².